The lowest BCUT2D eigenvalue weighted by Gasteiger charge is -2.07. The van der Waals surface area contributed by atoms with E-state index >= 15 is 0 Å². The van der Waals surface area contributed by atoms with Gasteiger partial charge in [0.15, 0.2) is 0 Å². The van der Waals surface area contributed by atoms with E-state index in [1.807, 2.05) is 36.1 Å². The van der Waals surface area contributed by atoms with Gasteiger partial charge < -0.3 is 5.73 Å². The lowest BCUT2D eigenvalue weighted by molar-refractivity contribution is 0.1000. The summed E-state index contributed by atoms with van der Waals surface area (Å²) in [7, 11) is 0. The molecule has 5 heteroatoms. The molecule has 0 aliphatic rings. The molecule has 1 heterocycles. The molecule has 0 unspecified atom stereocenters. The van der Waals surface area contributed by atoms with Crippen molar-refractivity contribution in [2.75, 3.05) is 0 Å². The second-order valence-corrected chi connectivity index (χ2v) is 5.11. The Morgan fingerprint density at radius 2 is 2.29 bits per heavy atom. The maximum absolute atomic E-state index is 11.0. The zero-order valence-corrected chi connectivity index (χ0v) is 11.5. The molecule has 1 aromatic carbocycles. The number of hydrogen-bond donors (Lipinski definition) is 1. The van der Waals surface area contributed by atoms with Crippen molar-refractivity contribution in [3.63, 3.8) is 0 Å². The van der Waals surface area contributed by atoms with Crippen molar-refractivity contribution < 1.29 is 4.79 Å². The first-order valence-electron chi connectivity index (χ1n) is 5.13. The number of hydrogen-bond acceptors (Lipinski definition) is 2. The Bertz CT molecular complexity index is 563. The van der Waals surface area contributed by atoms with Gasteiger partial charge in [-0.15, -0.1) is 0 Å². The van der Waals surface area contributed by atoms with Crippen LogP contribution in [0.1, 0.15) is 21.5 Å². The van der Waals surface area contributed by atoms with Gasteiger partial charge in [0.1, 0.15) is 0 Å². The first-order chi connectivity index (χ1) is 8.06. The van der Waals surface area contributed by atoms with E-state index in [9.17, 15) is 4.79 Å². The number of carbonyl (C=O) groups excluding carboxylic acids is 1. The number of nitrogens with zero attached hydrogens (tertiary/aromatic N) is 2. The van der Waals surface area contributed by atoms with Crippen molar-refractivity contribution >= 4 is 28.5 Å². The third kappa shape index (κ3) is 2.85. The Balaban J connectivity index is 2.25. The number of nitrogens with two attached hydrogens (primary N) is 1. The van der Waals surface area contributed by atoms with Gasteiger partial charge in [-0.1, -0.05) is 6.07 Å². The van der Waals surface area contributed by atoms with E-state index < -0.39 is 5.91 Å². The molecule has 4 nitrogen and oxygen atoms in total. The molecule has 1 amide bonds. The van der Waals surface area contributed by atoms with Crippen molar-refractivity contribution in [3.8, 4) is 0 Å². The van der Waals surface area contributed by atoms with Crippen LogP contribution in [0.25, 0.3) is 0 Å². The fourth-order valence-corrected chi connectivity index (χ4v) is 2.07. The summed E-state index contributed by atoms with van der Waals surface area (Å²) in [6.45, 7) is 2.67. The molecule has 0 radical (unpaired) electrons. The van der Waals surface area contributed by atoms with E-state index in [2.05, 4.69) is 27.7 Å². The van der Waals surface area contributed by atoms with Crippen molar-refractivity contribution in [2.45, 2.75) is 13.5 Å². The van der Waals surface area contributed by atoms with Crippen LogP contribution in [0, 0.1) is 10.5 Å². The van der Waals surface area contributed by atoms with Crippen LogP contribution in [0.5, 0.6) is 0 Å². The summed E-state index contributed by atoms with van der Waals surface area (Å²) in [5, 5.41) is 4.23. The number of halogens is 1. The minimum absolute atomic E-state index is 0.395. The second kappa shape index (κ2) is 4.87. The van der Waals surface area contributed by atoms with Gasteiger partial charge in [-0.2, -0.15) is 5.10 Å². The monoisotopic (exact) mass is 341 g/mol. The van der Waals surface area contributed by atoms with Crippen LogP contribution in [0.2, 0.25) is 0 Å². The van der Waals surface area contributed by atoms with E-state index in [4.69, 9.17) is 5.73 Å². The van der Waals surface area contributed by atoms with Gasteiger partial charge >= 0.3 is 0 Å². The fourth-order valence-electron chi connectivity index (χ4n) is 1.63. The molecule has 0 fully saturated rings. The van der Waals surface area contributed by atoms with E-state index in [-0.39, 0.29) is 0 Å². The molecule has 1 aromatic heterocycles. The van der Waals surface area contributed by atoms with E-state index in [1.54, 1.807) is 6.07 Å². The lowest BCUT2D eigenvalue weighted by Crippen LogP contribution is -2.11. The number of amides is 1. The van der Waals surface area contributed by atoms with Crippen molar-refractivity contribution in [1.82, 2.24) is 9.78 Å². The van der Waals surface area contributed by atoms with Gasteiger partial charge in [0.05, 0.1) is 16.3 Å². The lowest BCUT2D eigenvalue weighted by atomic mass is 10.0. The number of benzene rings is 1. The SMILES string of the molecule is Cc1cc(C(N)=O)ccc1Cn1cc(I)cn1. The average Bonchev–Trinajstić information content (AvgIpc) is 2.67. The molecule has 88 valence electrons. The summed E-state index contributed by atoms with van der Waals surface area (Å²) in [6.07, 6.45) is 3.79. The van der Waals surface area contributed by atoms with Crippen LogP contribution in [-0.2, 0) is 6.54 Å². The fraction of sp³-hybridized carbons (Fsp3) is 0.167. The van der Waals surface area contributed by atoms with Crippen molar-refractivity contribution in [1.29, 1.82) is 0 Å². The normalized spacial score (nSPS) is 10.5. The van der Waals surface area contributed by atoms with Crippen LogP contribution < -0.4 is 5.73 Å². The second-order valence-electron chi connectivity index (χ2n) is 3.86. The first kappa shape index (κ1) is 12.1. The molecule has 0 bridgehead atoms. The number of rotatable bonds is 3. The zero-order chi connectivity index (χ0) is 12.4. The van der Waals surface area contributed by atoms with Gasteiger partial charge in [0.2, 0.25) is 5.91 Å². The third-order valence-corrected chi connectivity index (χ3v) is 3.12. The summed E-state index contributed by atoms with van der Waals surface area (Å²) in [6, 6.07) is 5.48. The van der Waals surface area contributed by atoms with Crippen LogP contribution in [0.4, 0.5) is 0 Å². The summed E-state index contributed by atoms with van der Waals surface area (Å²) in [4.78, 5) is 11.0. The standard InChI is InChI=1S/C12H12IN3O/c1-8-4-9(12(14)17)2-3-10(8)6-16-7-11(13)5-15-16/h2-5,7H,6H2,1H3,(H2,14,17). The maximum Gasteiger partial charge on any atom is 0.248 e. The van der Waals surface area contributed by atoms with Crippen molar-refractivity contribution in [2.24, 2.45) is 5.73 Å². The molecule has 0 aliphatic carbocycles. The highest BCUT2D eigenvalue weighted by Gasteiger charge is 2.05. The highest BCUT2D eigenvalue weighted by Crippen LogP contribution is 2.13. The summed E-state index contributed by atoms with van der Waals surface area (Å²) < 4.78 is 2.97. The predicted octanol–water partition coefficient (Wildman–Crippen LogP) is 1.94. The number of aromatic nitrogens is 2. The summed E-state index contributed by atoms with van der Waals surface area (Å²) in [5.74, 6) is -0.395. The number of carbonyl (C=O) groups is 1. The molecule has 2 aromatic rings. The van der Waals surface area contributed by atoms with Crippen LogP contribution in [-0.4, -0.2) is 15.7 Å². The van der Waals surface area contributed by atoms with E-state index in [0.717, 1.165) is 14.7 Å². The topological polar surface area (TPSA) is 60.9 Å². The molecule has 2 N–H and O–H groups in total. The number of aryl methyl sites for hydroxylation is 1. The molecular formula is C12H12IN3O. The Kier molecular flexibility index (Phi) is 3.46. The quantitative estimate of drug-likeness (QED) is 0.868. The predicted molar refractivity (Wildman–Crippen MR) is 73.7 cm³/mol. The molecule has 0 spiro atoms. The molecule has 17 heavy (non-hydrogen) atoms. The van der Waals surface area contributed by atoms with Gasteiger partial charge in [-0.3, -0.25) is 9.48 Å². The third-order valence-electron chi connectivity index (χ3n) is 2.56. The Labute approximate surface area is 113 Å². The molecule has 0 saturated heterocycles. The Morgan fingerprint density at radius 1 is 1.53 bits per heavy atom. The number of primary amides is 1. The zero-order valence-electron chi connectivity index (χ0n) is 9.35. The molecule has 0 atom stereocenters. The Morgan fingerprint density at radius 3 is 2.82 bits per heavy atom. The largest absolute Gasteiger partial charge is 0.366 e. The summed E-state index contributed by atoms with van der Waals surface area (Å²) in [5.41, 5.74) is 7.96. The molecule has 0 aliphatic heterocycles. The highest BCUT2D eigenvalue weighted by atomic mass is 127. The van der Waals surface area contributed by atoms with E-state index in [1.165, 1.54) is 0 Å². The van der Waals surface area contributed by atoms with Crippen LogP contribution >= 0.6 is 22.6 Å². The van der Waals surface area contributed by atoms with Gasteiger partial charge in [0.25, 0.3) is 0 Å². The van der Waals surface area contributed by atoms with Gasteiger partial charge in [-0.05, 0) is 52.8 Å². The van der Waals surface area contributed by atoms with Crippen LogP contribution in [0.15, 0.2) is 30.6 Å². The average molecular weight is 341 g/mol. The highest BCUT2D eigenvalue weighted by molar-refractivity contribution is 14.1. The van der Waals surface area contributed by atoms with Gasteiger partial charge in [-0.25, -0.2) is 0 Å². The first-order valence-corrected chi connectivity index (χ1v) is 6.21. The smallest absolute Gasteiger partial charge is 0.248 e. The van der Waals surface area contributed by atoms with Crippen molar-refractivity contribution in [3.05, 3.63) is 50.9 Å². The molecule has 2 rings (SSSR count). The minimum Gasteiger partial charge on any atom is -0.366 e. The minimum atomic E-state index is -0.395. The summed E-state index contributed by atoms with van der Waals surface area (Å²) >= 11 is 2.22. The Hall–Kier alpha value is -1.37. The van der Waals surface area contributed by atoms with Gasteiger partial charge in [0, 0.05) is 11.8 Å². The maximum atomic E-state index is 11.0. The van der Waals surface area contributed by atoms with E-state index in [0.29, 0.717) is 12.1 Å². The van der Waals surface area contributed by atoms with Crippen LogP contribution in [0.3, 0.4) is 0 Å². The molecular weight excluding hydrogens is 329 g/mol. The molecule has 0 saturated carbocycles.